The molecule has 3 rings (SSSR count). The monoisotopic (exact) mass is 485 g/mol. The minimum absolute atomic E-state index is 0.492. The first kappa shape index (κ1) is 25.7. The summed E-state index contributed by atoms with van der Waals surface area (Å²) < 4.78 is 0. The first-order chi connectivity index (χ1) is 17.3. The molecule has 9 nitrogen and oxygen atoms in total. The van der Waals surface area contributed by atoms with Crippen molar-refractivity contribution in [1.29, 1.82) is 0 Å². The molecule has 0 amide bonds. The van der Waals surface area contributed by atoms with Gasteiger partial charge in [-0.05, 0) is 45.0 Å². The fourth-order valence-corrected chi connectivity index (χ4v) is 3.11. The number of carbonyl (C=O) groups is 3. The Morgan fingerprint density at radius 3 is 1.31 bits per heavy atom. The van der Waals surface area contributed by atoms with Crippen LogP contribution in [0, 0.1) is 0 Å². The van der Waals surface area contributed by atoms with Gasteiger partial charge in [-0.25, -0.2) is 14.4 Å². The van der Waals surface area contributed by atoms with E-state index in [1.54, 1.807) is 0 Å². The summed E-state index contributed by atoms with van der Waals surface area (Å²) in [6.07, 6.45) is 4.37. The van der Waals surface area contributed by atoms with E-state index in [1.165, 1.54) is 39.4 Å². The van der Waals surface area contributed by atoms with E-state index in [9.17, 15) is 14.4 Å². The second kappa shape index (κ2) is 12.5. The summed E-state index contributed by atoms with van der Waals surface area (Å²) in [6.45, 7) is 3.83. The quantitative estimate of drug-likeness (QED) is 0.259. The molecule has 0 unspecified atom stereocenters. The minimum Gasteiger partial charge on any atom is -0.319 e. The molecule has 0 N–H and O–H groups in total. The second-order valence-corrected chi connectivity index (χ2v) is 7.50. The van der Waals surface area contributed by atoms with Gasteiger partial charge in [0.2, 0.25) is 0 Å². The van der Waals surface area contributed by atoms with Gasteiger partial charge in [-0.3, -0.25) is 0 Å². The molecule has 0 fully saturated rings. The number of rotatable bonds is 8. The first-order valence-electron chi connectivity index (χ1n) is 10.8. The zero-order valence-corrected chi connectivity index (χ0v) is 19.9. The van der Waals surface area contributed by atoms with Crippen LogP contribution in [0.1, 0.15) is 37.5 Å². The van der Waals surface area contributed by atoms with E-state index < -0.39 is 17.9 Å². The van der Waals surface area contributed by atoms with Crippen LogP contribution in [0.3, 0.4) is 0 Å². The lowest BCUT2D eigenvalue weighted by Crippen LogP contribution is -1.94. The van der Waals surface area contributed by atoms with Gasteiger partial charge in [-0.15, -0.1) is 0 Å². The maximum Gasteiger partial charge on any atom is 0.331 e. The first-order valence-corrected chi connectivity index (χ1v) is 10.8. The van der Waals surface area contributed by atoms with Crippen molar-refractivity contribution in [2.75, 3.05) is 0 Å². The summed E-state index contributed by atoms with van der Waals surface area (Å²) in [5.74, 6) is -1.50. The second-order valence-electron chi connectivity index (χ2n) is 7.50. The minimum atomic E-state index is -0.508. The van der Waals surface area contributed by atoms with Crippen LogP contribution in [0.5, 0.6) is 0 Å². The highest BCUT2D eigenvalue weighted by Gasteiger charge is 2.09. The van der Waals surface area contributed by atoms with E-state index in [0.29, 0.717) is 0 Å². The Balaban J connectivity index is 1.95. The number of oxime groups is 3. The molecule has 3 aromatic carbocycles. The average Bonchev–Trinajstić information content (AvgIpc) is 2.84. The number of benzene rings is 3. The molecule has 9 heteroatoms. The van der Waals surface area contributed by atoms with Crippen molar-refractivity contribution in [3.05, 3.63) is 83.4 Å². The van der Waals surface area contributed by atoms with Gasteiger partial charge in [-0.2, -0.15) is 0 Å². The molecule has 0 atom stereocenters. The molecule has 0 saturated heterocycles. The fraction of sp³-hybridized carbons (Fsp3) is 0.111. The van der Waals surface area contributed by atoms with Gasteiger partial charge in [0.1, 0.15) is 0 Å². The summed E-state index contributed by atoms with van der Waals surface area (Å²) in [5, 5.41) is 11.0. The average molecular weight is 485 g/mol. The zero-order chi connectivity index (χ0) is 25.9. The van der Waals surface area contributed by atoms with Crippen LogP contribution in [-0.4, -0.2) is 36.6 Å². The molecule has 0 aliphatic rings. The number of hydrogen-bond acceptors (Lipinski definition) is 9. The van der Waals surface area contributed by atoms with Gasteiger partial charge in [0, 0.05) is 20.8 Å². The third-order valence-electron chi connectivity index (χ3n) is 4.64. The molecule has 0 bridgehead atoms. The molecule has 182 valence electrons. The predicted octanol–water partition coefficient (Wildman–Crippen LogP) is 4.71. The van der Waals surface area contributed by atoms with Gasteiger partial charge < -0.3 is 14.5 Å². The predicted molar refractivity (Wildman–Crippen MR) is 135 cm³/mol. The molecule has 3 aromatic rings. The van der Waals surface area contributed by atoms with Crippen LogP contribution in [-0.2, 0) is 28.9 Å². The molecule has 0 saturated carbocycles. The highest BCUT2D eigenvalue weighted by molar-refractivity contribution is 5.91. The Hall–Kier alpha value is -4.92. The van der Waals surface area contributed by atoms with E-state index in [4.69, 9.17) is 0 Å². The summed E-state index contributed by atoms with van der Waals surface area (Å²) in [4.78, 5) is 46.7. The van der Waals surface area contributed by atoms with Gasteiger partial charge in [0.25, 0.3) is 0 Å². The smallest absolute Gasteiger partial charge is 0.319 e. The maximum absolute atomic E-state index is 11.0. The molecular weight excluding hydrogens is 462 g/mol. The lowest BCUT2D eigenvalue weighted by molar-refractivity contribution is -0.141. The molecular formula is C27H23N3O6. The van der Waals surface area contributed by atoms with E-state index in [1.807, 2.05) is 66.7 Å². The summed E-state index contributed by atoms with van der Waals surface area (Å²) in [5.41, 5.74) is 5.97. The molecule has 0 spiro atoms. The van der Waals surface area contributed by atoms with Gasteiger partial charge in [-0.1, -0.05) is 76.1 Å². The van der Waals surface area contributed by atoms with Crippen LogP contribution < -0.4 is 0 Å². The van der Waals surface area contributed by atoms with Crippen molar-refractivity contribution in [3.63, 3.8) is 0 Å². The third kappa shape index (κ3) is 7.84. The Kier molecular flexibility index (Phi) is 8.94. The topological polar surface area (TPSA) is 116 Å². The normalized spacial score (nSPS) is 11.2. The van der Waals surface area contributed by atoms with Crippen LogP contribution in [0.2, 0.25) is 0 Å². The Morgan fingerprint density at radius 1 is 0.528 bits per heavy atom. The summed E-state index contributed by atoms with van der Waals surface area (Å²) in [6, 6.07) is 20.8. The zero-order valence-electron chi connectivity index (χ0n) is 19.9. The number of carbonyl (C=O) groups excluding carboxylic acids is 3. The van der Waals surface area contributed by atoms with Gasteiger partial charge >= 0.3 is 17.9 Å². The number of hydrogen-bond donors (Lipinski definition) is 0. The lowest BCUT2D eigenvalue weighted by Gasteiger charge is -2.12. The van der Waals surface area contributed by atoms with Crippen LogP contribution >= 0.6 is 0 Å². The van der Waals surface area contributed by atoms with Crippen LogP contribution in [0.4, 0.5) is 0 Å². The van der Waals surface area contributed by atoms with Crippen molar-refractivity contribution >= 4 is 36.6 Å². The van der Waals surface area contributed by atoms with Crippen molar-refractivity contribution in [2.24, 2.45) is 15.5 Å². The van der Waals surface area contributed by atoms with E-state index in [2.05, 4.69) is 30.0 Å². The summed E-state index contributed by atoms with van der Waals surface area (Å²) >= 11 is 0. The van der Waals surface area contributed by atoms with Crippen LogP contribution in [0.15, 0.2) is 82.2 Å². The van der Waals surface area contributed by atoms with Crippen molar-refractivity contribution in [3.8, 4) is 22.3 Å². The molecule has 0 aliphatic carbocycles. The lowest BCUT2D eigenvalue weighted by atomic mass is 9.92. The summed E-state index contributed by atoms with van der Waals surface area (Å²) in [7, 11) is 0. The Bertz CT molecular complexity index is 1330. The van der Waals surface area contributed by atoms with Crippen molar-refractivity contribution in [1.82, 2.24) is 0 Å². The van der Waals surface area contributed by atoms with E-state index in [-0.39, 0.29) is 0 Å². The van der Waals surface area contributed by atoms with Crippen molar-refractivity contribution < 1.29 is 28.9 Å². The maximum atomic E-state index is 11.0. The molecule has 0 heterocycles. The van der Waals surface area contributed by atoms with E-state index >= 15 is 0 Å². The highest BCUT2D eigenvalue weighted by Crippen LogP contribution is 2.33. The molecule has 0 aromatic heterocycles. The highest BCUT2D eigenvalue weighted by atomic mass is 16.7. The van der Waals surface area contributed by atoms with Gasteiger partial charge in [0.05, 0.1) is 18.6 Å². The standard InChI is InChI=1S/C27H23N3O6/c1-18(31)34-28-15-21-4-9-24(10-5-21)26-13-8-23(17-30-36-20(3)33)14-27(26)25-11-6-22(7-12-25)16-29-35-19(2)32/h4-17H,1-3H3. The SMILES string of the molecule is CC(=O)ON=Cc1ccc(-c2ccc(C=NOC(C)=O)cc2-c2ccc(C=NOC(C)=O)cc2)cc1. The molecule has 0 radical (unpaired) electrons. The fourth-order valence-electron chi connectivity index (χ4n) is 3.11. The van der Waals surface area contributed by atoms with Gasteiger partial charge in [0.15, 0.2) is 0 Å². The molecule has 36 heavy (non-hydrogen) atoms. The third-order valence-corrected chi connectivity index (χ3v) is 4.64. The van der Waals surface area contributed by atoms with Crippen LogP contribution in [0.25, 0.3) is 22.3 Å². The largest absolute Gasteiger partial charge is 0.331 e. The number of nitrogens with zero attached hydrogens (tertiary/aromatic N) is 3. The van der Waals surface area contributed by atoms with E-state index in [0.717, 1.165) is 38.9 Å². The Labute approximate surface area is 207 Å². The Morgan fingerprint density at radius 2 is 0.889 bits per heavy atom. The molecule has 0 aliphatic heterocycles. The van der Waals surface area contributed by atoms with Crippen molar-refractivity contribution in [2.45, 2.75) is 20.8 Å².